The van der Waals surface area contributed by atoms with Crippen LogP contribution in [0, 0.1) is 5.92 Å². The average Bonchev–Trinajstić information content (AvgIpc) is 2.36. The van der Waals surface area contributed by atoms with E-state index in [1.807, 2.05) is 13.0 Å². The van der Waals surface area contributed by atoms with Gasteiger partial charge in [-0.3, -0.25) is 0 Å². The van der Waals surface area contributed by atoms with Crippen LogP contribution in [0.1, 0.15) is 58.4 Å². The number of aliphatic hydroxyl groups excluding tert-OH is 1. The molecule has 17 heavy (non-hydrogen) atoms. The topological polar surface area (TPSA) is 20.2 Å². The van der Waals surface area contributed by atoms with Crippen LogP contribution in [-0.4, -0.2) is 11.7 Å². The van der Waals surface area contributed by atoms with Crippen LogP contribution in [0.4, 0.5) is 0 Å². The molecule has 0 radical (unpaired) electrons. The van der Waals surface area contributed by atoms with E-state index in [-0.39, 0.29) is 6.61 Å². The van der Waals surface area contributed by atoms with Crippen molar-refractivity contribution in [3.8, 4) is 0 Å². The maximum Gasteiger partial charge on any atom is 0.0431 e. The Morgan fingerprint density at radius 1 is 1.29 bits per heavy atom. The maximum atomic E-state index is 8.95. The minimum Gasteiger partial charge on any atom is -0.396 e. The molecule has 1 aromatic carbocycles. The molecule has 0 aliphatic carbocycles. The summed E-state index contributed by atoms with van der Waals surface area (Å²) in [6.45, 7) is 6.59. The summed E-state index contributed by atoms with van der Waals surface area (Å²) in [6, 6.07) is 8.29. The second-order valence-corrected chi connectivity index (χ2v) is 4.98. The van der Waals surface area contributed by atoms with Gasteiger partial charge in [0.2, 0.25) is 0 Å². The van der Waals surface area contributed by atoms with Gasteiger partial charge in [-0.05, 0) is 42.2 Å². The monoisotopic (exact) mass is 235 g/mol. The van der Waals surface area contributed by atoms with Crippen LogP contribution < -0.4 is 0 Å². The van der Waals surface area contributed by atoms with Crippen molar-refractivity contribution in [1.29, 1.82) is 0 Å². The summed E-state index contributed by atoms with van der Waals surface area (Å²) in [5.74, 6) is 0.0621. The molecule has 0 fully saturated rings. The molecule has 0 heterocycles. The van der Waals surface area contributed by atoms with Crippen LogP contribution in [-0.2, 0) is 6.42 Å². The summed E-state index contributed by atoms with van der Waals surface area (Å²) in [6.07, 6.45) is 3.61. The Balaban J connectivity index is 2.93. The first-order valence-corrected chi connectivity index (χ1v) is 6.70. The molecule has 1 rings (SSSR count). The highest BCUT2D eigenvalue weighted by atomic mass is 16.2. The van der Waals surface area contributed by atoms with Crippen LogP contribution in [0.2, 0.25) is 0 Å². The van der Waals surface area contributed by atoms with E-state index in [1.54, 1.807) is 0 Å². The van der Waals surface area contributed by atoms with Gasteiger partial charge in [0.25, 0.3) is 0 Å². The van der Waals surface area contributed by atoms with Crippen LogP contribution in [0.5, 0.6) is 0 Å². The number of hydrogen-bond acceptors (Lipinski definition) is 1. The first-order chi connectivity index (χ1) is 8.51. The van der Waals surface area contributed by atoms with Gasteiger partial charge < -0.3 is 5.11 Å². The smallest absolute Gasteiger partial charge is 0.0431 e. The lowest BCUT2D eigenvalue weighted by atomic mass is 9.87. The molecule has 0 spiro atoms. The number of rotatable bonds is 7. The van der Waals surface area contributed by atoms with Crippen molar-refractivity contribution in [2.24, 2.45) is 5.92 Å². The fourth-order valence-electron chi connectivity index (χ4n) is 2.11. The van der Waals surface area contributed by atoms with E-state index in [9.17, 15) is 0 Å². The van der Waals surface area contributed by atoms with Crippen molar-refractivity contribution < 1.29 is 6.48 Å². The molecule has 2 unspecified atom stereocenters. The highest BCUT2D eigenvalue weighted by molar-refractivity contribution is 5.30. The average molecular weight is 235 g/mol. The first kappa shape index (κ1) is 12.6. The Kier molecular flexibility index (Phi) is 5.57. The Morgan fingerprint density at radius 3 is 2.65 bits per heavy atom. The lowest BCUT2D eigenvalue weighted by molar-refractivity contribution is 0.280. The molecular weight excluding hydrogens is 208 g/mol. The predicted octanol–water partition coefficient (Wildman–Crippen LogP) is 4.15. The normalized spacial score (nSPS) is 17.3. The SMILES string of the molecule is [2H]C(C)(CCCO)c1ccccc1CC(C)CC. The van der Waals surface area contributed by atoms with E-state index >= 15 is 0 Å². The quantitative estimate of drug-likeness (QED) is 0.752. The zero-order valence-electron chi connectivity index (χ0n) is 12.4. The summed E-state index contributed by atoms with van der Waals surface area (Å²) >= 11 is 0. The molecule has 1 N–H and O–H groups in total. The first-order valence-electron chi connectivity index (χ1n) is 7.20. The highest BCUT2D eigenvalue weighted by Gasteiger charge is 2.11. The van der Waals surface area contributed by atoms with Gasteiger partial charge in [0, 0.05) is 7.98 Å². The van der Waals surface area contributed by atoms with Crippen molar-refractivity contribution in [2.75, 3.05) is 6.61 Å². The van der Waals surface area contributed by atoms with Crippen LogP contribution in [0.3, 0.4) is 0 Å². The van der Waals surface area contributed by atoms with Crippen LogP contribution in [0.15, 0.2) is 24.3 Å². The summed E-state index contributed by atoms with van der Waals surface area (Å²) in [4.78, 5) is 0. The van der Waals surface area contributed by atoms with Gasteiger partial charge in [-0.1, -0.05) is 51.5 Å². The molecule has 0 bridgehead atoms. The standard InChI is InChI=1S/C16H26O/c1-4-13(2)12-15-9-5-6-10-16(15)14(3)8-7-11-17/h5-6,9-10,13-14,17H,4,7-8,11-12H2,1-3H3/i14D. The van der Waals surface area contributed by atoms with Crippen molar-refractivity contribution in [1.82, 2.24) is 0 Å². The van der Waals surface area contributed by atoms with Crippen molar-refractivity contribution >= 4 is 0 Å². The van der Waals surface area contributed by atoms with E-state index in [4.69, 9.17) is 6.48 Å². The van der Waals surface area contributed by atoms with Gasteiger partial charge in [-0.15, -0.1) is 0 Å². The third kappa shape index (κ3) is 4.51. The molecule has 1 aromatic rings. The summed E-state index contributed by atoms with van der Waals surface area (Å²) < 4.78 is 8.50. The van der Waals surface area contributed by atoms with Gasteiger partial charge in [0.1, 0.15) is 0 Å². The van der Waals surface area contributed by atoms with Gasteiger partial charge in [0.05, 0.1) is 0 Å². The third-order valence-corrected chi connectivity index (χ3v) is 3.45. The second kappa shape index (κ2) is 7.50. The molecule has 0 aliphatic heterocycles. The fraction of sp³-hybridized carbons (Fsp3) is 0.625. The fourth-order valence-corrected chi connectivity index (χ4v) is 2.11. The number of benzene rings is 1. The zero-order valence-corrected chi connectivity index (χ0v) is 11.4. The molecule has 0 aliphatic rings. The molecule has 1 nitrogen and oxygen atoms in total. The third-order valence-electron chi connectivity index (χ3n) is 3.45. The maximum absolute atomic E-state index is 8.95. The lowest BCUT2D eigenvalue weighted by Gasteiger charge is -2.18. The number of hydrogen-bond donors (Lipinski definition) is 1. The van der Waals surface area contributed by atoms with E-state index in [0.29, 0.717) is 18.8 Å². The summed E-state index contributed by atoms with van der Waals surface area (Å²) in [5.41, 5.74) is 2.42. The van der Waals surface area contributed by atoms with E-state index < -0.39 is 5.89 Å². The van der Waals surface area contributed by atoms with Crippen molar-refractivity contribution in [2.45, 2.75) is 52.3 Å². The Hall–Kier alpha value is -0.820. The molecule has 96 valence electrons. The minimum absolute atomic E-state index is 0.169. The molecule has 2 atom stereocenters. The van der Waals surface area contributed by atoms with Gasteiger partial charge >= 0.3 is 0 Å². The Labute approximate surface area is 107 Å². The summed E-state index contributed by atoms with van der Waals surface area (Å²) in [7, 11) is 0. The predicted molar refractivity (Wildman–Crippen MR) is 74.3 cm³/mol. The van der Waals surface area contributed by atoms with E-state index in [0.717, 1.165) is 12.0 Å². The number of aliphatic hydroxyl groups is 1. The highest BCUT2D eigenvalue weighted by Crippen LogP contribution is 2.26. The van der Waals surface area contributed by atoms with Crippen LogP contribution >= 0.6 is 0 Å². The van der Waals surface area contributed by atoms with E-state index in [2.05, 4.69) is 32.0 Å². The van der Waals surface area contributed by atoms with Gasteiger partial charge in [0.15, 0.2) is 0 Å². The largest absolute Gasteiger partial charge is 0.396 e. The van der Waals surface area contributed by atoms with Gasteiger partial charge in [-0.2, -0.15) is 0 Å². The van der Waals surface area contributed by atoms with Crippen molar-refractivity contribution in [3.63, 3.8) is 0 Å². The van der Waals surface area contributed by atoms with Crippen molar-refractivity contribution in [3.05, 3.63) is 35.4 Å². The van der Waals surface area contributed by atoms with E-state index in [1.165, 1.54) is 12.0 Å². The Morgan fingerprint density at radius 2 is 2.00 bits per heavy atom. The van der Waals surface area contributed by atoms with Crippen LogP contribution in [0.25, 0.3) is 0 Å². The molecule has 0 saturated carbocycles. The molecular formula is C16H26O. The minimum atomic E-state index is -0.590. The molecule has 0 saturated heterocycles. The summed E-state index contributed by atoms with van der Waals surface area (Å²) in [5, 5.41) is 8.95. The van der Waals surface area contributed by atoms with Gasteiger partial charge in [-0.25, -0.2) is 0 Å². The molecule has 1 heteroatoms. The second-order valence-electron chi connectivity index (χ2n) is 4.98. The molecule has 0 amide bonds. The molecule has 0 aromatic heterocycles. The Bertz CT molecular complexity index is 360. The lowest BCUT2D eigenvalue weighted by Crippen LogP contribution is -2.05. The zero-order chi connectivity index (χ0) is 13.6.